The van der Waals surface area contributed by atoms with Gasteiger partial charge in [0.1, 0.15) is 0 Å². The highest BCUT2D eigenvalue weighted by Gasteiger charge is 2.24. The number of amides is 1. The second-order valence-electron chi connectivity index (χ2n) is 6.07. The van der Waals surface area contributed by atoms with Gasteiger partial charge in [0, 0.05) is 12.7 Å². The first-order valence-electron chi connectivity index (χ1n) is 8.52. The molecule has 1 aromatic heterocycles. The highest BCUT2D eigenvalue weighted by molar-refractivity contribution is 5.98. The van der Waals surface area contributed by atoms with Gasteiger partial charge in [-0.1, -0.05) is 53.7 Å². The monoisotopic (exact) mass is 364 g/mol. The molecular weight excluding hydrogens is 344 g/mol. The zero-order valence-corrected chi connectivity index (χ0v) is 15.1. The summed E-state index contributed by atoms with van der Waals surface area (Å²) in [5.74, 6) is -1.01. The molecular formula is C20H20N4O3. The Kier molecular flexibility index (Phi) is 5.61. The molecule has 0 spiro atoms. The van der Waals surface area contributed by atoms with Gasteiger partial charge in [0.05, 0.1) is 12.7 Å². The van der Waals surface area contributed by atoms with Crippen molar-refractivity contribution in [3.05, 3.63) is 78.1 Å². The normalized spacial score (nSPS) is 11.6. The highest BCUT2D eigenvalue weighted by Crippen LogP contribution is 2.14. The number of aromatic nitrogens is 3. The van der Waals surface area contributed by atoms with E-state index in [0.29, 0.717) is 6.54 Å². The van der Waals surface area contributed by atoms with Crippen LogP contribution in [0, 0.1) is 0 Å². The van der Waals surface area contributed by atoms with Crippen LogP contribution in [0.3, 0.4) is 0 Å². The molecule has 138 valence electrons. The van der Waals surface area contributed by atoms with Crippen molar-refractivity contribution in [1.29, 1.82) is 0 Å². The van der Waals surface area contributed by atoms with Crippen LogP contribution >= 0.6 is 0 Å². The number of hydrogen-bond acceptors (Lipinski definition) is 5. The van der Waals surface area contributed by atoms with Crippen LogP contribution in [-0.4, -0.2) is 40.0 Å². The lowest BCUT2D eigenvalue weighted by Gasteiger charge is -2.21. The van der Waals surface area contributed by atoms with Crippen LogP contribution in [0.15, 0.2) is 66.9 Å². The second-order valence-corrected chi connectivity index (χ2v) is 6.07. The number of ether oxygens (including phenoxy) is 1. The summed E-state index contributed by atoms with van der Waals surface area (Å²) in [7, 11) is 1.64. The molecule has 2 aromatic carbocycles. The molecule has 0 N–H and O–H groups in total. The summed E-state index contributed by atoms with van der Waals surface area (Å²) in [6.07, 6.45) is 0.565. The van der Waals surface area contributed by atoms with Crippen molar-refractivity contribution in [3.8, 4) is 0 Å². The zero-order chi connectivity index (χ0) is 19.2. The van der Waals surface area contributed by atoms with Gasteiger partial charge in [-0.15, -0.1) is 5.10 Å². The lowest BCUT2D eigenvalue weighted by Crippen LogP contribution is -2.37. The molecule has 0 saturated heterocycles. The largest absolute Gasteiger partial charge is 0.448 e. The van der Waals surface area contributed by atoms with E-state index in [1.54, 1.807) is 11.7 Å². The van der Waals surface area contributed by atoms with Gasteiger partial charge >= 0.3 is 5.97 Å². The number of para-hydroxylation sites is 1. The van der Waals surface area contributed by atoms with Gasteiger partial charge in [0.15, 0.2) is 11.8 Å². The average molecular weight is 364 g/mol. The Balaban J connectivity index is 1.60. The third kappa shape index (κ3) is 4.58. The average Bonchev–Trinajstić information content (AvgIpc) is 3.17. The van der Waals surface area contributed by atoms with Crippen LogP contribution in [0.1, 0.15) is 23.0 Å². The summed E-state index contributed by atoms with van der Waals surface area (Å²) in [5, 5.41) is 7.78. The Hall–Kier alpha value is -3.48. The minimum absolute atomic E-state index is 0.0629. The molecule has 0 aliphatic rings. The van der Waals surface area contributed by atoms with E-state index in [0.717, 1.165) is 11.3 Å². The standard InChI is InChI=1S/C20H20N4O3/c1-15(19(25)23(2)17-11-7-4-8-12-17)27-20(26)18-14-24(22-21-18)13-16-9-5-3-6-10-16/h3-12,14-15H,13H2,1-2H3. The zero-order valence-electron chi connectivity index (χ0n) is 15.1. The fourth-order valence-electron chi connectivity index (χ4n) is 2.56. The van der Waals surface area contributed by atoms with Crippen LogP contribution < -0.4 is 4.90 Å². The number of esters is 1. The first-order valence-corrected chi connectivity index (χ1v) is 8.52. The van der Waals surface area contributed by atoms with Crippen molar-refractivity contribution in [3.63, 3.8) is 0 Å². The third-order valence-electron chi connectivity index (χ3n) is 4.04. The summed E-state index contributed by atoms with van der Waals surface area (Å²) in [5.41, 5.74) is 1.82. The Morgan fingerprint density at radius 3 is 2.37 bits per heavy atom. The molecule has 27 heavy (non-hydrogen) atoms. The Bertz CT molecular complexity index is 909. The minimum Gasteiger partial charge on any atom is -0.448 e. The molecule has 0 radical (unpaired) electrons. The molecule has 1 unspecified atom stereocenters. The molecule has 0 saturated carbocycles. The van der Waals surface area contributed by atoms with Gasteiger partial charge in [0.2, 0.25) is 0 Å². The molecule has 0 aliphatic heterocycles. The second kappa shape index (κ2) is 8.27. The van der Waals surface area contributed by atoms with E-state index in [9.17, 15) is 9.59 Å². The Labute approximate surface area is 157 Å². The molecule has 3 aromatic rings. The third-order valence-corrected chi connectivity index (χ3v) is 4.04. The van der Waals surface area contributed by atoms with Gasteiger partial charge in [-0.05, 0) is 24.6 Å². The summed E-state index contributed by atoms with van der Waals surface area (Å²) in [6, 6.07) is 18.9. The minimum atomic E-state index is -0.943. The molecule has 7 heteroatoms. The van der Waals surface area contributed by atoms with Crippen LogP contribution in [0.25, 0.3) is 0 Å². The predicted molar refractivity (Wildman–Crippen MR) is 100 cm³/mol. The first kappa shape index (κ1) is 18.3. The molecule has 3 rings (SSSR count). The maximum atomic E-state index is 12.5. The number of likely N-dealkylation sites (N-methyl/N-ethyl adjacent to an activating group) is 1. The van der Waals surface area contributed by atoms with E-state index in [4.69, 9.17) is 4.74 Å². The van der Waals surface area contributed by atoms with Crippen LogP contribution in [0.5, 0.6) is 0 Å². The number of anilines is 1. The van der Waals surface area contributed by atoms with Crippen molar-refractivity contribution in [2.75, 3.05) is 11.9 Å². The van der Waals surface area contributed by atoms with E-state index >= 15 is 0 Å². The van der Waals surface area contributed by atoms with Crippen molar-refractivity contribution in [2.24, 2.45) is 0 Å². The quantitative estimate of drug-likeness (QED) is 0.628. The molecule has 0 bridgehead atoms. The first-order chi connectivity index (χ1) is 13.0. The van der Waals surface area contributed by atoms with Gasteiger partial charge < -0.3 is 9.64 Å². The fraction of sp³-hybridized carbons (Fsp3) is 0.200. The summed E-state index contributed by atoms with van der Waals surface area (Å²) in [4.78, 5) is 26.2. The number of carbonyl (C=O) groups excluding carboxylic acids is 2. The lowest BCUT2D eigenvalue weighted by atomic mass is 10.2. The maximum Gasteiger partial charge on any atom is 0.361 e. The molecule has 1 amide bonds. The van der Waals surface area contributed by atoms with Crippen LogP contribution in [0.2, 0.25) is 0 Å². The summed E-state index contributed by atoms with van der Waals surface area (Å²) in [6.45, 7) is 2.03. The van der Waals surface area contributed by atoms with Crippen LogP contribution in [-0.2, 0) is 16.1 Å². The molecule has 0 fully saturated rings. The van der Waals surface area contributed by atoms with E-state index in [2.05, 4.69) is 10.3 Å². The van der Waals surface area contributed by atoms with Gasteiger partial charge in [-0.3, -0.25) is 4.79 Å². The van der Waals surface area contributed by atoms with E-state index in [1.165, 1.54) is 18.0 Å². The maximum absolute atomic E-state index is 12.5. The van der Waals surface area contributed by atoms with Gasteiger partial charge in [-0.25, -0.2) is 9.48 Å². The topological polar surface area (TPSA) is 77.3 Å². The van der Waals surface area contributed by atoms with Crippen molar-refractivity contribution in [1.82, 2.24) is 15.0 Å². The van der Waals surface area contributed by atoms with Crippen molar-refractivity contribution >= 4 is 17.6 Å². The van der Waals surface area contributed by atoms with Crippen molar-refractivity contribution in [2.45, 2.75) is 19.6 Å². The van der Waals surface area contributed by atoms with E-state index in [-0.39, 0.29) is 11.6 Å². The van der Waals surface area contributed by atoms with Crippen molar-refractivity contribution < 1.29 is 14.3 Å². The number of benzene rings is 2. The lowest BCUT2D eigenvalue weighted by molar-refractivity contribution is -0.126. The molecule has 0 aliphatic carbocycles. The van der Waals surface area contributed by atoms with E-state index < -0.39 is 12.1 Å². The number of nitrogens with zero attached hydrogens (tertiary/aromatic N) is 4. The Morgan fingerprint density at radius 2 is 1.70 bits per heavy atom. The number of carbonyl (C=O) groups is 2. The molecule has 1 atom stereocenters. The Morgan fingerprint density at radius 1 is 1.07 bits per heavy atom. The SMILES string of the molecule is CC(OC(=O)c1cn(Cc2ccccc2)nn1)C(=O)N(C)c1ccccc1. The van der Waals surface area contributed by atoms with Gasteiger partial charge in [0.25, 0.3) is 5.91 Å². The summed E-state index contributed by atoms with van der Waals surface area (Å²) >= 11 is 0. The molecule has 1 heterocycles. The smallest absolute Gasteiger partial charge is 0.361 e. The highest BCUT2D eigenvalue weighted by atomic mass is 16.5. The summed E-state index contributed by atoms with van der Waals surface area (Å²) < 4.78 is 6.81. The number of hydrogen-bond donors (Lipinski definition) is 0. The van der Waals surface area contributed by atoms with Gasteiger partial charge in [-0.2, -0.15) is 0 Å². The van der Waals surface area contributed by atoms with E-state index in [1.807, 2.05) is 60.7 Å². The fourth-order valence-corrected chi connectivity index (χ4v) is 2.56. The molecule has 7 nitrogen and oxygen atoms in total. The van der Waals surface area contributed by atoms with Crippen LogP contribution in [0.4, 0.5) is 5.69 Å². The number of rotatable bonds is 6. The predicted octanol–water partition coefficient (Wildman–Crippen LogP) is 2.53.